The lowest BCUT2D eigenvalue weighted by Crippen LogP contribution is -2.51. The number of hydrogen-bond donors (Lipinski definition) is 1. The SMILES string of the molecule is CC(C)=CC(=O)N1CC2CC(NC(=O)c3ccc(OC4CCC4)cc3)C1C2. The molecule has 0 radical (unpaired) electrons. The fourth-order valence-electron chi connectivity index (χ4n) is 4.38. The second-order valence-corrected chi connectivity index (χ2v) is 8.39. The minimum Gasteiger partial charge on any atom is -0.490 e. The van der Waals surface area contributed by atoms with Gasteiger partial charge >= 0.3 is 0 Å². The Morgan fingerprint density at radius 3 is 2.48 bits per heavy atom. The lowest BCUT2D eigenvalue weighted by Gasteiger charge is -2.33. The predicted octanol–water partition coefficient (Wildman–Crippen LogP) is 3.30. The van der Waals surface area contributed by atoms with Crippen LogP contribution in [0, 0.1) is 5.92 Å². The first-order valence-electron chi connectivity index (χ1n) is 10.0. The zero-order valence-corrected chi connectivity index (χ0v) is 16.1. The van der Waals surface area contributed by atoms with Crippen LogP contribution in [0.1, 0.15) is 56.3 Å². The van der Waals surface area contributed by atoms with Crippen LogP contribution in [0.25, 0.3) is 0 Å². The van der Waals surface area contributed by atoms with Crippen molar-refractivity contribution >= 4 is 11.8 Å². The molecule has 1 saturated heterocycles. The van der Waals surface area contributed by atoms with Gasteiger partial charge in [0, 0.05) is 24.2 Å². The predicted molar refractivity (Wildman–Crippen MR) is 104 cm³/mol. The van der Waals surface area contributed by atoms with Crippen molar-refractivity contribution in [2.45, 2.75) is 64.1 Å². The van der Waals surface area contributed by atoms with Crippen LogP contribution < -0.4 is 10.1 Å². The molecule has 3 atom stereocenters. The van der Waals surface area contributed by atoms with Crippen molar-refractivity contribution in [1.29, 1.82) is 0 Å². The van der Waals surface area contributed by atoms with Crippen molar-refractivity contribution in [1.82, 2.24) is 10.2 Å². The lowest BCUT2D eigenvalue weighted by molar-refractivity contribution is -0.128. The molecule has 2 amide bonds. The first-order chi connectivity index (χ1) is 13.0. The number of nitrogens with one attached hydrogen (secondary N) is 1. The quantitative estimate of drug-likeness (QED) is 0.811. The summed E-state index contributed by atoms with van der Waals surface area (Å²) < 4.78 is 5.85. The van der Waals surface area contributed by atoms with Crippen molar-refractivity contribution in [2.24, 2.45) is 5.92 Å². The van der Waals surface area contributed by atoms with Gasteiger partial charge in [-0.05, 0) is 76.1 Å². The summed E-state index contributed by atoms with van der Waals surface area (Å²) in [6.07, 6.45) is 7.45. The summed E-state index contributed by atoms with van der Waals surface area (Å²) >= 11 is 0. The molecule has 3 unspecified atom stereocenters. The van der Waals surface area contributed by atoms with E-state index in [-0.39, 0.29) is 23.9 Å². The maximum Gasteiger partial charge on any atom is 0.251 e. The summed E-state index contributed by atoms with van der Waals surface area (Å²) in [4.78, 5) is 27.0. The fraction of sp³-hybridized carbons (Fsp3) is 0.545. The molecule has 1 aliphatic heterocycles. The monoisotopic (exact) mass is 368 g/mol. The Bertz CT molecular complexity index is 747. The van der Waals surface area contributed by atoms with Crippen LogP contribution in [-0.2, 0) is 4.79 Å². The van der Waals surface area contributed by atoms with E-state index in [4.69, 9.17) is 4.74 Å². The molecule has 1 heterocycles. The topological polar surface area (TPSA) is 58.6 Å². The number of carbonyl (C=O) groups excluding carboxylic acids is 2. The van der Waals surface area contributed by atoms with E-state index >= 15 is 0 Å². The number of nitrogens with zero attached hydrogens (tertiary/aromatic N) is 1. The maximum absolute atomic E-state index is 12.7. The van der Waals surface area contributed by atoms with E-state index in [2.05, 4.69) is 5.32 Å². The first kappa shape index (κ1) is 18.1. The highest BCUT2D eigenvalue weighted by Gasteiger charge is 2.46. The summed E-state index contributed by atoms with van der Waals surface area (Å²) in [5, 5.41) is 3.15. The molecule has 5 heteroatoms. The first-order valence-corrected chi connectivity index (χ1v) is 10.0. The number of amides is 2. The molecule has 4 rings (SSSR count). The largest absolute Gasteiger partial charge is 0.490 e. The molecule has 3 aliphatic rings. The number of ether oxygens (including phenoxy) is 1. The average molecular weight is 368 g/mol. The second-order valence-electron chi connectivity index (χ2n) is 8.39. The number of allylic oxidation sites excluding steroid dienone is 1. The number of hydrogen-bond acceptors (Lipinski definition) is 3. The number of likely N-dealkylation sites (tertiary alicyclic amines) is 1. The Balaban J connectivity index is 1.36. The molecule has 1 aromatic rings. The van der Waals surface area contributed by atoms with Crippen LogP contribution >= 0.6 is 0 Å². The van der Waals surface area contributed by atoms with Crippen LogP contribution in [0.2, 0.25) is 0 Å². The molecule has 2 aliphatic carbocycles. The molecule has 27 heavy (non-hydrogen) atoms. The summed E-state index contributed by atoms with van der Waals surface area (Å²) in [6, 6.07) is 7.54. The van der Waals surface area contributed by atoms with E-state index in [0.29, 0.717) is 17.6 Å². The zero-order chi connectivity index (χ0) is 19.0. The Morgan fingerprint density at radius 1 is 1.15 bits per heavy atom. The molecule has 0 aromatic heterocycles. The minimum absolute atomic E-state index is 0.0386. The third-order valence-electron chi connectivity index (χ3n) is 5.96. The zero-order valence-electron chi connectivity index (χ0n) is 16.1. The molecule has 1 aromatic carbocycles. The van der Waals surface area contributed by atoms with Gasteiger partial charge in [0.1, 0.15) is 5.75 Å². The number of piperidine rings is 1. The number of carbonyl (C=O) groups is 2. The van der Waals surface area contributed by atoms with Gasteiger partial charge in [-0.2, -0.15) is 0 Å². The standard InChI is InChI=1S/C22H28N2O3/c1-14(2)10-21(25)24-13-15-11-19(20(24)12-15)23-22(26)16-6-8-18(9-7-16)27-17-4-3-5-17/h6-10,15,17,19-20H,3-5,11-13H2,1-2H3,(H,23,26). The average Bonchev–Trinajstić information content (AvgIpc) is 3.18. The van der Waals surface area contributed by atoms with E-state index < -0.39 is 0 Å². The maximum atomic E-state index is 12.7. The molecule has 2 bridgehead atoms. The second kappa shape index (κ2) is 7.37. The Labute approximate surface area is 160 Å². The molecule has 0 spiro atoms. The highest BCUT2D eigenvalue weighted by atomic mass is 16.5. The van der Waals surface area contributed by atoms with Gasteiger partial charge in [-0.15, -0.1) is 0 Å². The molecular weight excluding hydrogens is 340 g/mol. The summed E-state index contributed by atoms with van der Waals surface area (Å²) in [5.74, 6) is 1.32. The number of rotatable bonds is 5. The van der Waals surface area contributed by atoms with Gasteiger partial charge in [-0.3, -0.25) is 9.59 Å². The Morgan fingerprint density at radius 2 is 1.89 bits per heavy atom. The number of benzene rings is 1. The molecular formula is C22H28N2O3. The minimum atomic E-state index is -0.0719. The Kier molecular flexibility index (Phi) is 4.94. The normalized spacial score (nSPS) is 26.4. The smallest absolute Gasteiger partial charge is 0.251 e. The van der Waals surface area contributed by atoms with Crippen molar-refractivity contribution in [3.63, 3.8) is 0 Å². The van der Waals surface area contributed by atoms with Gasteiger partial charge in [-0.25, -0.2) is 0 Å². The van der Waals surface area contributed by atoms with Gasteiger partial charge in [0.2, 0.25) is 5.91 Å². The third kappa shape index (κ3) is 3.87. The molecule has 144 valence electrons. The molecule has 5 nitrogen and oxygen atoms in total. The molecule has 2 saturated carbocycles. The Hall–Kier alpha value is -2.30. The van der Waals surface area contributed by atoms with Gasteiger partial charge < -0.3 is 15.0 Å². The van der Waals surface area contributed by atoms with Gasteiger partial charge in [-0.1, -0.05) is 5.57 Å². The van der Waals surface area contributed by atoms with Crippen LogP contribution in [0.4, 0.5) is 0 Å². The summed E-state index contributed by atoms with van der Waals surface area (Å²) in [7, 11) is 0. The van der Waals surface area contributed by atoms with E-state index in [9.17, 15) is 9.59 Å². The van der Waals surface area contributed by atoms with Crippen LogP contribution in [0.3, 0.4) is 0 Å². The van der Waals surface area contributed by atoms with Gasteiger partial charge in [0.05, 0.1) is 12.1 Å². The number of fused-ring (bicyclic) bond motifs is 2. The van der Waals surface area contributed by atoms with Crippen molar-refractivity contribution in [2.75, 3.05) is 6.54 Å². The highest BCUT2D eigenvalue weighted by molar-refractivity contribution is 5.94. The van der Waals surface area contributed by atoms with Crippen LogP contribution in [0.15, 0.2) is 35.9 Å². The molecule has 3 fully saturated rings. The van der Waals surface area contributed by atoms with Gasteiger partial charge in [0.25, 0.3) is 5.91 Å². The van der Waals surface area contributed by atoms with E-state index in [0.717, 1.165) is 43.6 Å². The van der Waals surface area contributed by atoms with E-state index in [1.165, 1.54) is 6.42 Å². The van der Waals surface area contributed by atoms with Gasteiger partial charge in [0.15, 0.2) is 0 Å². The van der Waals surface area contributed by atoms with Crippen molar-refractivity contribution < 1.29 is 14.3 Å². The lowest BCUT2D eigenvalue weighted by atomic mass is 9.96. The van der Waals surface area contributed by atoms with Crippen LogP contribution in [-0.4, -0.2) is 41.4 Å². The van der Waals surface area contributed by atoms with Crippen molar-refractivity contribution in [3.05, 3.63) is 41.5 Å². The van der Waals surface area contributed by atoms with Crippen molar-refractivity contribution in [3.8, 4) is 5.75 Å². The summed E-state index contributed by atoms with van der Waals surface area (Å²) in [6.45, 7) is 4.68. The third-order valence-corrected chi connectivity index (χ3v) is 5.96. The molecule has 1 N–H and O–H groups in total. The van der Waals surface area contributed by atoms with E-state index in [1.54, 1.807) is 6.08 Å². The van der Waals surface area contributed by atoms with Crippen LogP contribution in [0.5, 0.6) is 5.75 Å². The highest BCUT2D eigenvalue weighted by Crippen LogP contribution is 2.38. The fourth-order valence-corrected chi connectivity index (χ4v) is 4.38. The summed E-state index contributed by atoms with van der Waals surface area (Å²) in [5.41, 5.74) is 1.65. The van der Waals surface area contributed by atoms with E-state index in [1.807, 2.05) is 43.0 Å².